The second kappa shape index (κ2) is 10.3. The van der Waals surface area contributed by atoms with Crippen LogP contribution in [-0.4, -0.2) is 36.4 Å². The van der Waals surface area contributed by atoms with Crippen molar-refractivity contribution in [3.8, 4) is 0 Å². The third-order valence-corrected chi connectivity index (χ3v) is 6.17. The summed E-state index contributed by atoms with van der Waals surface area (Å²) in [5, 5.41) is 3.26. The molecule has 1 aliphatic heterocycles. The molecule has 1 unspecified atom stereocenters. The van der Waals surface area contributed by atoms with Crippen LogP contribution in [0.5, 0.6) is 0 Å². The zero-order chi connectivity index (χ0) is 10.1. The van der Waals surface area contributed by atoms with Gasteiger partial charge in [0.1, 0.15) is 0 Å². The van der Waals surface area contributed by atoms with Crippen LogP contribution in [0.1, 0.15) is 0 Å². The van der Waals surface area contributed by atoms with Gasteiger partial charge >= 0.3 is 54.0 Å². The predicted molar refractivity (Wildman–Crippen MR) is 58.7 cm³/mol. The van der Waals surface area contributed by atoms with Crippen molar-refractivity contribution in [3.05, 3.63) is 0 Å². The number of thioether (sulfide) groups is 1. The van der Waals surface area contributed by atoms with Gasteiger partial charge in [0, 0.05) is 14.2 Å². The monoisotopic (exact) mass is 425 g/mol. The van der Waals surface area contributed by atoms with Gasteiger partial charge in [-0.3, -0.25) is 0 Å². The van der Waals surface area contributed by atoms with Crippen LogP contribution in [0.2, 0.25) is 0 Å². The van der Waals surface area contributed by atoms with Crippen molar-refractivity contribution in [3.63, 3.8) is 0 Å². The summed E-state index contributed by atoms with van der Waals surface area (Å²) >= 11 is 6.10. The summed E-state index contributed by atoms with van der Waals surface area (Å²) in [7, 11) is 2.65. The van der Waals surface area contributed by atoms with Crippen LogP contribution >= 0.6 is 30.7 Å². The van der Waals surface area contributed by atoms with Gasteiger partial charge in [0.25, 0.3) is 0 Å². The van der Waals surface area contributed by atoms with E-state index in [0.29, 0.717) is 3.59 Å². The minimum absolute atomic E-state index is 0.637. The van der Waals surface area contributed by atoms with Crippen molar-refractivity contribution in [2.45, 2.75) is 3.59 Å². The molecule has 13 heavy (non-hydrogen) atoms. The molecule has 0 aromatic heterocycles. The van der Waals surface area contributed by atoms with Gasteiger partial charge in [-0.1, -0.05) is 11.4 Å². The van der Waals surface area contributed by atoms with Crippen molar-refractivity contribution < 1.29 is 30.1 Å². The SMILES string of the molecule is COP(OC)SC.[Au][CH]1NCCS1. The Morgan fingerprint density at radius 3 is 2.23 bits per heavy atom. The normalized spacial score (nSPS) is 21.5. The Bertz CT molecular complexity index is 109. The Morgan fingerprint density at radius 1 is 1.54 bits per heavy atom. The maximum absolute atomic E-state index is 4.85. The molecule has 0 amide bonds. The zero-order valence-electron chi connectivity index (χ0n) is 7.87. The molecule has 3 nitrogen and oxygen atoms in total. The first kappa shape index (κ1) is 14.8. The van der Waals surface area contributed by atoms with Crippen LogP contribution in [-0.2, 0) is 30.1 Å². The molecule has 1 N–H and O–H groups in total. The van der Waals surface area contributed by atoms with Crippen molar-refractivity contribution in [1.29, 1.82) is 0 Å². The van der Waals surface area contributed by atoms with Gasteiger partial charge in [0.05, 0.1) is 0 Å². The average Bonchev–Trinajstić information content (AvgIpc) is 2.60. The fourth-order valence-electron chi connectivity index (χ4n) is 0.597. The third kappa shape index (κ3) is 8.73. The molecule has 0 radical (unpaired) electrons. The van der Waals surface area contributed by atoms with Crippen LogP contribution in [0, 0.1) is 0 Å². The predicted octanol–water partition coefficient (Wildman–Crippen LogP) is 2.02. The molecule has 1 fully saturated rings. The Labute approximate surface area is 102 Å². The van der Waals surface area contributed by atoms with E-state index in [2.05, 4.69) is 26.4 Å². The molecule has 1 rings (SSSR count). The maximum atomic E-state index is 4.85. The van der Waals surface area contributed by atoms with Crippen molar-refractivity contribution in [1.82, 2.24) is 5.32 Å². The van der Waals surface area contributed by atoms with E-state index >= 15 is 0 Å². The molecule has 0 spiro atoms. The van der Waals surface area contributed by atoms with Gasteiger partial charge in [-0.05, 0) is 6.26 Å². The van der Waals surface area contributed by atoms with Crippen LogP contribution in [0.25, 0.3) is 0 Å². The third-order valence-electron chi connectivity index (χ3n) is 1.09. The van der Waals surface area contributed by atoms with E-state index in [9.17, 15) is 0 Å². The molecule has 0 saturated carbocycles. The van der Waals surface area contributed by atoms with E-state index in [1.807, 2.05) is 18.0 Å². The number of rotatable bonds is 3. The number of hydrogen-bond acceptors (Lipinski definition) is 5. The van der Waals surface area contributed by atoms with E-state index in [0.717, 1.165) is 0 Å². The van der Waals surface area contributed by atoms with Gasteiger partial charge in [0.2, 0.25) is 7.58 Å². The fourth-order valence-corrected chi connectivity index (χ4v) is 3.68. The molecular weight excluding hydrogens is 410 g/mol. The van der Waals surface area contributed by atoms with E-state index in [1.54, 1.807) is 25.6 Å². The first-order chi connectivity index (χ1) is 6.24. The molecule has 84 valence electrons. The molecule has 7 heteroatoms. The summed E-state index contributed by atoms with van der Waals surface area (Å²) in [6.45, 7) is 1.19. The quantitative estimate of drug-likeness (QED) is 0.553. The Kier molecular flexibility index (Phi) is 11.7. The second-order valence-corrected chi connectivity index (χ2v) is 8.68. The first-order valence-corrected chi connectivity index (χ1v) is 8.92. The average molecular weight is 425 g/mol. The summed E-state index contributed by atoms with van der Waals surface area (Å²) in [5.41, 5.74) is 0. The first-order valence-electron chi connectivity index (χ1n) is 3.61. The summed E-state index contributed by atoms with van der Waals surface area (Å²) in [6.07, 6.45) is 1.96. The fraction of sp³-hybridized carbons (Fsp3) is 1.00. The van der Waals surface area contributed by atoms with E-state index in [-0.39, 0.29) is 0 Å². The zero-order valence-corrected chi connectivity index (χ0v) is 12.6. The number of hydrogen-bond donors (Lipinski definition) is 1. The van der Waals surface area contributed by atoms with Gasteiger partial charge < -0.3 is 9.05 Å². The van der Waals surface area contributed by atoms with Crippen LogP contribution < -0.4 is 5.32 Å². The van der Waals surface area contributed by atoms with Gasteiger partial charge in [-0.2, -0.15) is 0 Å². The van der Waals surface area contributed by atoms with Crippen molar-refractivity contribution in [2.24, 2.45) is 0 Å². The van der Waals surface area contributed by atoms with E-state index < -0.39 is 7.58 Å². The molecule has 1 heterocycles. The summed E-state index contributed by atoms with van der Waals surface area (Å²) < 4.78 is 10.4. The van der Waals surface area contributed by atoms with Gasteiger partial charge in [-0.25, -0.2) is 0 Å². The molecule has 1 saturated heterocycles. The van der Waals surface area contributed by atoms with Crippen molar-refractivity contribution in [2.75, 3.05) is 32.8 Å². The summed E-state index contributed by atoms with van der Waals surface area (Å²) in [5.74, 6) is 1.28. The van der Waals surface area contributed by atoms with Crippen LogP contribution in [0.3, 0.4) is 0 Å². The number of nitrogens with one attached hydrogen (secondary N) is 1. The molecule has 0 bridgehead atoms. The van der Waals surface area contributed by atoms with Crippen molar-refractivity contribution >= 4 is 30.7 Å². The van der Waals surface area contributed by atoms with E-state index in [1.165, 1.54) is 12.3 Å². The van der Waals surface area contributed by atoms with Gasteiger partial charge in [0.15, 0.2) is 0 Å². The molecule has 1 aliphatic rings. The molecule has 0 aromatic rings. The van der Waals surface area contributed by atoms with Crippen LogP contribution in [0.4, 0.5) is 0 Å². The molecular formula is C6H15AuNO2PS2. The standard InChI is InChI=1S/C3H6NS.C3H9O2PS.Au/c1-2-5-3-4-1;1-4-6(5-2)7-3;/h3-4H,1-2H2;1-3H3;. The van der Waals surface area contributed by atoms with Gasteiger partial charge in [-0.15, -0.1) is 0 Å². The summed E-state index contributed by atoms with van der Waals surface area (Å²) in [4.78, 5) is 0. The minimum atomic E-state index is -0.637. The molecule has 0 aliphatic carbocycles. The van der Waals surface area contributed by atoms with Crippen LogP contribution in [0.15, 0.2) is 0 Å². The second-order valence-electron chi connectivity index (χ2n) is 1.87. The Morgan fingerprint density at radius 2 is 2.15 bits per heavy atom. The Hall–Kier alpha value is 1.75. The molecule has 0 aromatic carbocycles. The Balaban J connectivity index is 0.000000223. The van der Waals surface area contributed by atoms with E-state index in [4.69, 9.17) is 9.05 Å². The molecule has 1 atom stereocenters. The topological polar surface area (TPSA) is 30.5 Å². The summed E-state index contributed by atoms with van der Waals surface area (Å²) in [6, 6.07) is 0.